The molecule has 0 bridgehead atoms. The fourth-order valence-electron chi connectivity index (χ4n) is 3.06. The summed E-state index contributed by atoms with van der Waals surface area (Å²) in [5.41, 5.74) is 3.23. The standard InChI is InChI=1S/C23H29N5O2/c1-4-24-23(27-20-11-12-21(30-5-2)22(15-20)29-3)25-16-18-9-6-7-10-19(18)17-28-14-8-13-26-28/h6-15H,4-5,16-17H2,1-3H3,(H2,24,25,27). The van der Waals surface area contributed by atoms with Crippen molar-refractivity contribution in [3.63, 3.8) is 0 Å². The molecule has 3 aromatic rings. The van der Waals surface area contributed by atoms with Gasteiger partial charge in [0.25, 0.3) is 0 Å². The highest BCUT2D eigenvalue weighted by molar-refractivity contribution is 5.93. The summed E-state index contributed by atoms with van der Waals surface area (Å²) in [6.07, 6.45) is 3.75. The highest BCUT2D eigenvalue weighted by Crippen LogP contribution is 2.30. The summed E-state index contributed by atoms with van der Waals surface area (Å²) in [7, 11) is 1.64. The van der Waals surface area contributed by atoms with Crippen LogP contribution in [0.2, 0.25) is 0 Å². The molecule has 0 aliphatic carbocycles. The van der Waals surface area contributed by atoms with Gasteiger partial charge in [0.2, 0.25) is 0 Å². The van der Waals surface area contributed by atoms with Gasteiger partial charge in [-0.25, -0.2) is 4.99 Å². The molecule has 0 aliphatic heterocycles. The molecule has 1 heterocycles. The molecule has 0 saturated heterocycles. The van der Waals surface area contributed by atoms with Gasteiger partial charge in [-0.15, -0.1) is 0 Å². The molecule has 30 heavy (non-hydrogen) atoms. The molecule has 0 amide bonds. The molecular formula is C23H29N5O2. The molecule has 0 atom stereocenters. The molecular weight excluding hydrogens is 378 g/mol. The van der Waals surface area contributed by atoms with Crippen molar-refractivity contribution >= 4 is 11.6 Å². The highest BCUT2D eigenvalue weighted by atomic mass is 16.5. The number of hydrogen-bond acceptors (Lipinski definition) is 4. The Labute approximate surface area is 177 Å². The van der Waals surface area contributed by atoms with Crippen molar-refractivity contribution in [3.8, 4) is 11.5 Å². The van der Waals surface area contributed by atoms with E-state index in [1.165, 1.54) is 5.56 Å². The predicted octanol–water partition coefficient (Wildman–Crippen LogP) is 3.92. The Bertz CT molecular complexity index is 954. The molecule has 3 rings (SSSR count). The van der Waals surface area contributed by atoms with Gasteiger partial charge in [0.1, 0.15) is 0 Å². The van der Waals surface area contributed by atoms with E-state index in [4.69, 9.17) is 14.5 Å². The summed E-state index contributed by atoms with van der Waals surface area (Å²) in [4.78, 5) is 4.78. The van der Waals surface area contributed by atoms with E-state index in [-0.39, 0.29) is 0 Å². The third-order valence-corrected chi connectivity index (χ3v) is 4.49. The normalized spacial score (nSPS) is 11.2. The zero-order chi connectivity index (χ0) is 21.2. The summed E-state index contributed by atoms with van der Waals surface area (Å²) in [6, 6.07) is 16.0. The monoisotopic (exact) mass is 407 g/mol. The summed E-state index contributed by atoms with van der Waals surface area (Å²) in [6.45, 7) is 6.62. The lowest BCUT2D eigenvalue weighted by molar-refractivity contribution is 0.311. The predicted molar refractivity (Wildman–Crippen MR) is 120 cm³/mol. The maximum atomic E-state index is 5.59. The van der Waals surface area contributed by atoms with Crippen LogP contribution in [-0.2, 0) is 13.1 Å². The Morgan fingerprint density at radius 3 is 2.60 bits per heavy atom. The maximum absolute atomic E-state index is 5.59. The fourth-order valence-corrected chi connectivity index (χ4v) is 3.06. The second-order valence-electron chi connectivity index (χ2n) is 6.59. The van der Waals surface area contributed by atoms with Crippen molar-refractivity contribution in [2.24, 2.45) is 4.99 Å². The molecule has 0 fully saturated rings. The van der Waals surface area contributed by atoms with Crippen molar-refractivity contribution in [2.75, 3.05) is 25.6 Å². The van der Waals surface area contributed by atoms with E-state index in [1.54, 1.807) is 13.3 Å². The molecule has 2 N–H and O–H groups in total. The van der Waals surface area contributed by atoms with E-state index in [9.17, 15) is 0 Å². The van der Waals surface area contributed by atoms with Gasteiger partial charge < -0.3 is 20.1 Å². The van der Waals surface area contributed by atoms with Gasteiger partial charge in [0.05, 0.1) is 26.8 Å². The smallest absolute Gasteiger partial charge is 0.196 e. The number of hydrogen-bond donors (Lipinski definition) is 2. The minimum absolute atomic E-state index is 0.556. The second kappa shape index (κ2) is 10.9. The summed E-state index contributed by atoms with van der Waals surface area (Å²) in [5.74, 6) is 2.11. The van der Waals surface area contributed by atoms with E-state index >= 15 is 0 Å². The zero-order valence-corrected chi connectivity index (χ0v) is 17.8. The van der Waals surface area contributed by atoms with Crippen molar-refractivity contribution in [2.45, 2.75) is 26.9 Å². The van der Waals surface area contributed by atoms with Gasteiger partial charge >= 0.3 is 0 Å². The van der Waals surface area contributed by atoms with Crippen molar-refractivity contribution in [1.29, 1.82) is 0 Å². The molecule has 2 aromatic carbocycles. The zero-order valence-electron chi connectivity index (χ0n) is 17.8. The van der Waals surface area contributed by atoms with Gasteiger partial charge in [-0.05, 0) is 43.2 Å². The van der Waals surface area contributed by atoms with E-state index in [0.29, 0.717) is 24.9 Å². The largest absolute Gasteiger partial charge is 0.493 e. The Morgan fingerprint density at radius 2 is 1.90 bits per heavy atom. The third kappa shape index (κ3) is 5.76. The summed E-state index contributed by atoms with van der Waals surface area (Å²) >= 11 is 0. The SMILES string of the molecule is CCNC(=NCc1ccccc1Cn1cccn1)Nc1ccc(OCC)c(OC)c1. The lowest BCUT2D eigenvalue weighted by atomic mass is 10.1. The van der Waals surface area contributed by atoms with Gasteiger partial charge in [0.15, 0.2) is 17.5 Å². The second-order valence-corrected chi connectivity index (χ2v) is 6.59. The van der Waals surface area contributed by atoms with Gasteiger partial charge in [-0.1, -0.05) is 24.3 Å². The minimum atomic E-state index is 0.556. The van der Waals surface area contributed by atoms with Crippen molar-refractivity contribution in [3.05, 3.63) is 72.1 Å². The number of aromatic nitrogens is 2. The van der Waals surface area contributed by atoms with E-state index in [2.05, 4.69) is 27.9 Å². The van der Waals surface area contributed by atoms with Gasteiger partial charge in [-0.2, -0.15) is 5.10 Å². The Balaban J connectivity index is 1.75. The molecule has 0 saturated carbocycles. The van der Waals surface area contributed by atoms with Crippen LogP contribution in [0.4, 0.5) is 5.69 Å². The summed E-state index contributed by atoms with van der Waals surface area (Å²) < 4.78 is 12.9. The van der Waals surface area contributed by atoms with Crippen molar-refractivity contribution in [1.82, 2.24) is 15.1 Å². The lowest BCUT2D eigenvalue weighted by Gasteiger charge is -2.15. The Hall–Kier alpha value is -3.48. The van der Waals surface area contributed by atoms with Crippen LogP contribution in [0.3, 0.4) is 0 Å². The van der Waals surface area contributed by atoms with Crippen LogP contribution in [0, 0.1) is 0 Å². The van der Waals surface area contributed by atoms with Crippen LogP contribution < -0.4 is 20.1 Å². The molecule has 158 valence electrons. The number of nitrogens with one attached hydrogen (secondary N) is 2. The van der Waals surface area contributed by atoms with Crippen LogP contribution in [0.25, 0.3) is 0 Å². The average Bonchev–Trinajstić information content (AvgIpc) is 3.27. The fraction of sp³-hybridized carbons (Fsp3) is 0.304. The number of benzene rings is 2. The number of anilines is 1. The molecule has 1 aromatic heterocycles. The first-order chi connectivity index (χ1) is 14.7. The Kier molecular flexibility index (Phi) is 7.71. The van der Waals surface area contributed by atoms with Gasteiger partial charge in [-0.3, -0.25) is 4.68 Å². The van der Waals surface area contributed by atoms with E-state index in [0.717, 1.165) is 30.1 Å². The average molecular weight is 408 g/mol. The highest BCUT2D eigenvalue weighted by Gasteiger charge is 2.08. The van der Waals surface area contributed by atoms with Crippen molar-refractivity contribution < 1.29 is 9.47 Å². The number of nitrogens with zero attached hydrogens (tertiary/aromatic N) is 3. The van der Waals surface area contributed by atoms with Crippen LogP contribution in [0.1, 0.15) is 25.0 Å². The number of guanidine groups is 1. The molecule has 0 spiro atoms. The molecule has 0 unspecified atom stereocenters. The first-order valence-corrected chi connectivity index (χ1v) is 10.1. The topological polar surface area (TPSA) is 72.7 Å². The Morgan fingerprint density at radius 1 is 1.07 bits per heavy atom. The number of ether oxygens (including phenoxy) is 2. The molecule has 0 radical (unpaired) electrons. The molecule has 0 aliphatic rings. The molecule has 7 nitrogen and oxygen atoms in total. The third-order valence-electron chi connectivity index (χ3n) is 4.49. The van der Waals surface area contributed by atoms with E-state index < -0.39 is 0 Å². The maximum Gasteiger partial charge on any atom is 0.196 e. The first-order valence-electron chi connectivity index (χ1n) is 10.1. The lowest BCUT2D eigenvalue weighted by Crippen LogP contribution is -2.30. The molecule has 7 heteroatoms. The van der Waals surface area contributed by atoms with E-state index in [1.807, 2.05) is 61.1 Å². The minimum Gasteiger partial charge on any atom is -0.493 e. The summed E-state index contributed by atoms with van der Waals surface area (Å²) in [5, 5.41) is 10.9. The number of rotatable bonds is 9. The van der Waals surface area contributed by atoms with Crippen LogP contribution in [-0.4, -0.2) is 36.0 Å². The first kappa shape index (κ1) is 21.2. The van der Waals surface area contributed by atoms with Crippen LogP contribution >= 0.6 is 0 Å². The van der Waals surface area contributed by atoms with Gasteiger partial charge in [0, 0.05) is 30.7 Å². The number of aliphatic imine (C=N–C) groups is 1. The van der Waals surface area contributed by atoms with Crippen LogP contribution in [0.5, 0.6) is 11.5 Å². The number of methoxy groups -OCH3 is 1. The quantitative estimate of drug-likeness (QED) is 0.416. The van der Waals surface area contributed by atoms with Crippen LogP contribution in [0.15, 0.2) is 65.9 Å².